The molecule has 0 fully saturated rings. The van der Waals surface area contributed by atoms with Crippen LogP contribution in [0.1, 0.15) is 11.5 Å². The molecule has 0 saturated heterocycles. The van der Waals surface area contributed by atoms with Gasteiger partial charge in [-0.2, -0.15) is 4.98 Å². The van der Waals surface area contributed by atoms with Gasteiger partial charge < -0.3 is 15.2 Å². The number of rotatable bonds is 4. The lowest BCUT2D eigenvalue weighted by molar-refractivity contribution is 0.376. The van der Waals surface area contributed by atoms with E-state index in [-0.39, 0.29) is 0 Å². The number of para-hydroxylation sites is 1. The third-order valence-corrected chi connectivity index (χ3v) is 3.46. The highest BCUT2D eigenvalue weighted by atomic mass is 32.1. The van der Waals surface area contributed by atoms with E-state index in [1.165, 1.54) is 5.56 Å². The zero-order chi connectivity index (χ0) is 16.1. The Balaban J connectivity index is 1.57. The van der Waals surface area contributed by atoms with Crippen LogP contribution in [0.25, 0.3) is 11.4 Å². The summed E-state index contributed by atoms with van der Waals surface area (Å²) in [5.74, 6) is 1.06. The van der Waals surface area contributed by atoms with Gasteiger partial charge in [0.2, 0.25) is 11.7 Å². The van der Waals surface area contributed by atoms with Gasteiger partial charge in [0.1, 0.15) is 0 Å². The summed E-state index contributed by atoms with van der Waals surface area (Å²) in [5, 5.41) is 10.6. The van der Waals surface area contributed by atoms with Gasteiger partial charge in [-0.25, -0.2) is 0 Å². The van der Waals surface area contributed by atoms with Crippen molar-refractivity contribution in [1.82, 2.24) is 15.5 Å². The van der Waals surface area contributed by atoms with Crippen LogP contribution in [0.15, 0.2) is 59.1 Å². The normalized spacial score (nSPS) is 10.3. The van der Waals surface area contributed by atoms with Gasteiger partial charge in [-0.15, -0.1) is 0 Å². The fourth-order valence-corrected chi connectivity index (χ4v) is 2.19. The summed E-state index contributed by atoms with van der Waals surface area (Å²) >= 11 is 5.24. The van der Waals surface area contributed by atoms with Crippen molar-refractivity contribution in [3.63, 3.8) is 0 Å². The van der Waals surface area contributed by atoms with Crippen molar-refractivity contribution >= 4 is 23.0 Å². The average molecular weight is 324 g/mol. The molecule has 116 valence electrons. The predicted octanol–water partition coefficient (Wildman–Crippen LogP) is 3.53. The number of aromatic nitrogens is 2. The second-order valence-corrected chi connectivity index (χ2v) is 5.46. The minimum Gasteiger partial charge on any atom is -0.353 e. The van der Waals surface area contributed by atoms with Gasteiger partial charge in [0.15, 0.2) is 5.11 Å². The van der Waals surface area contributed by atoms with Crippen LogP contribution in [0.2, 0.25) is 0 Å². The van der Waals surface area contributed by atoms with Gasteiger partial charge in [-0.05, 0) is 31.3 Å². The molecular formula is C17H16N4OS. The molecule has 0 aliphatic carbocycles. The van der Waals surface area contributed by atoms with Gasteiger partial charge in [-0.1, -0.05) is 53.2 Å². The molecule has 0 unspecified atom stereocenters. The maximum absolute atomic E-state index is 5.24. The van der Waals surface area contributed by atoms with Crippen molar-refractivity contribution < 1.29 is 4.52 Å². The molecule has 2 aromatic carbocycles. The monoisotopic (exact) mass is 324 g/mol. The number of hydrogen-bond acceptors (Lipinski definition) is 4. The number of nitrogens with zero attached hydrogens (tertiary/aromatic N) is 2. The van der Waals surface area contributed by atoms with Gasteiger partial charge in [0.05, 0.1) is 6.54 Å². The maximum Gasteiger partial charge on any atom is 0.246 e. The minimum atomic E-state index is 0.373. The lowest BCUT2D eigenvalue weighted by Gasteiger charge is -2.08. The van der Waals surface area contributed by atoms with Crippen LogP contribution in [-0.4, -0.2) is 15.3 Å². The fraction of sp³-hybridized carbons (Fsp3) is 0.118. The highest BCUT2D eigenvalue weighted by Crippen LogP contribution is 2.16. The topological polar surface area (TPSA) is 63.0 Å². The molecule has 0 spiro atoms. The van der Waals surface area contributed by atoms with E-state index in [1.54, 1.807) is 0 Å². The summed E-state index contributed by atoms with van der Waals surface area (Å²) in [6, 6.07) is 17.7. The SMILES string of the molecule is Cc1ccc(-c2noc(CNC(=S)Nc3ccccc3)n2)cc1. The Morgan fingerprint density at radius 1 is 1.09 bits per heavy atom. The van der Waals surface area contributed by atoms with E-state index in [4.69, 9.17) is 16.7 Å². The molecule has 0 bridgehead atoms. The van der Waals surface area contributed by atoms with E-state index in [2.05, 4.69) is 20.8 Å². The van der Waals surface area contributed by atoms with Crippen LogP contribution < -0.4 is 10.6 Å². The van der Waals surface area contributed by atoms with E-state index < -0.39 is 0 Å². The van der Waals surface area contributed by atoms with E-state index in [1.807, 2.05) is 61.5 Å². The Kier molecular flexibility index (Phi) is 4.63. The summed E-state index contributed by atoms with van der Waals surface area (Å²) < 4.78 is 5.24. The first-order valence-corrected chi connectivity index (χ1v) is 7.61. The molecule has 0 amide bonds. The molecular weight excluding hydrogens is 308 g/mol. The molecule has 0 aliphatic heterocycles. The Labute approximate surface area is 139 Å². The highest BCUT2D eigenvalue weighted by Gasteiger charge is 2.08. The van der Waals surface area contributed by atoms with E-state index in [0.717, 1.165) is 11.3 Å². The molecule has 5 nitrogen and oxygen atoms in total. The van der Waals surface area contributed by atoms with Crippen LogP contribution in [-0.2, 0) is 6.54 Å². The lowest BCUT2D eigenvalue weighted by Crippen LogP contribution is -2.27. The second-order valence-electron chi connectivity index (χ2n) is 5.05. The number of aryl methyl sites for hydroxylation is 1. The Hall–Kier alpha value is -2.73. The quantitative estimate of drug-likeness (QED) is 0.716. The van der Waals surface area contributed by atoms with Crippen LogP contribution in [0, 0.1) is 6.92 Å². The Bertz CT molecular complexity index is 784. The summed E-state index contributed by atoms with van der Waals surface area (Å²) in [6.45, 7) is 2.41. The first kappa shape index (κ1) is 15.2. The summed E-state index contributed by atoms with van der Waals surface area (Å²) in [4.78, 5) is 4.36. The van der Waals surface area contributed by atoms with E-state index in [9.17, 15) is 0 Å². The van der Waals surface area contributed by atoms with Crippen molar-refractivity contribution in [2.45, 2.75) is 13.5 Å². The van der Waals surface area contributed by atoms with Gasteiger partial charge >= 0.3 is 0 Å². The largest absolute Gasteiger partial charge is 0.353 e. The number of hydrogen-bond donors (Lipinski definition) is 2. The number of benzene rings is 2. The van der Waals surface area contributed by atoms with Crippen molar-refractivity contribution in [2.75, 3.05) is 5.32 Å². The molecule has 23 heavy (non-hydrogen) atoms. The minimum absolute atomic E-state index is 0.373. The predicted molar refractivity (Wildman–Crippen MR) is 94.0 cm³/mol. The Morgan fingerprint density at radius 3 is 2.57 bits per heavy atom. The molecule has 1 aromatic heterocycles. The molecule has 0 saturated carbocycles. The molecule has 1 heterocycles. The van der Waals surface area contributed by atoms with Crippen LogP contribution in [0.3, 0.4) is 0 Å². The Morgan fingerprint density at radius 2 is 1.83 bits per heavy atom. The third kappa shape index (κ3) is 4.14. The summed E-state index contributed by atoms with van der Waals surface area (Å²) in [7, 11) is 0. The molecule has 6 heteroatoms. The first-order chi connectivity index (χ1) is 11.2. The zero-order valence-electron chi connectivity index (χ0n) is 12.6. The highest BCUT2D eigenvalue weighted by molar-refractivity contribution is 7.80. The van der Waals surface area contributed by atoms with Crippen LogP contribution in [0.5, 0.6) is 0 Å². The standard InChI is InChI=1S/C17H16N4OS/c1-12-7-9-13(10-8-12)16-20-15(22-21-16)11-18-17(23)19-14-5-3-2-4-6-14/h2-10H,11H2,1H3,(H2,18,19,23). The molecule has 0 atom stereocenters. The van der Waals surface area contributed by atoms with E-state index >= 15 is 0 Å². The van der Waals surface area contributed by atoms with Gasteiger partial charge in [0.25, 0.3) is 0 Å². The van der Waals surface area contributed by atoms with Gasteiger partial charge in [0, 0.05) is 11.3 Å². The fourth-order valence-electron chi connectivity index (χ4n) is 2.00. The van der Waals surface area contributed by atoms with Crippen molar-refractivity contribution in [2.24, 2.45) is 0 Å². The maximum atomic E-state index is 5.24. The smallest absolute Gasteiger partial charge is 0.246 e. The number of nitrogens with one attached hydrogen (secondary N) is 2. The summed E-state index contributed by atoms with van der Waals surface area (Å²) in [6.07, 6.45) is 0. The van der Waals surface area contributed by atoms with Crippen molar-refractivity contribution in [1.29, 1.82) is 0 Å². The average Bonchev–Trinajstić information content (AvgIpc) is 3.04. The van der Waals surface area contributed by atoms with Crippen molar-refractivity contribution in [3.8, 4) is 11.4 Å². The first-order valence-electron chi connectivity index (χ1n) is 7.20. The molecule has 3 rings (SSSR count). The van der Waals surface area contributed by atoms with E-state index in [0.29, 0.717) is 23.4 Å². The third-order valence-electron chi connectivity index (χ3n) is 3.21. The van der Waals surface area contributed by atoms with Crippen LogP contribution >= 0.6 is 12.2 Å². The molecule has 3 aromatic rings. The summed E-state index contributed by atoms with van der Waals surface area (Å²) in [5.41, 5.74) is 3.04. The molecule has 0 radical (unpaired) electrons. The second kappa shape index (κ2) is 7.02. The zero-order valence-corrected chi connectivity index (χ0v) is 13.4. The van der Waals surface area contributed by atoms with Crippen molar-refractivity contribution in [3.05, 3.63) is 66.1 Å². The molecule has 0 aliphatic rings. The van der Waals surface area contributed by atoms with Gasteiger partial charge in [-0.3, -0.25) is 0 Å². The number of anilines is 1. The molecule has 2 N–H and O–H groups in total. The van der Waals surface area contributed by atoms with Crippen LogP contribution in [0.4, 0.5) is 5.69 Å². The lowest BCUT2D eigenvalue weighted by atomic mass is 10.1. The number of thiocarbonyl (C=S) groups is 1.